The fourth-order valence-corrected chi connectivity index (χ4v) is 4.74. The normalized spacial score (nSPS) is 15.9. The number of hydrogen-bond acceptors (Lipinski definition) is 5. The summed E-state index contributed by atoms with van der Waals surface area (Å²) in [4.78, 5) is 18.2. The van der Waals surface area contributed by atoms with Gasteiger partial charge in [0.25, 0.3) is 5.91 Å². The molecule has 0 spiro atoms. The van der Waals surface area contributed by atoms with Crippen LogP contribution in [0.4, 0.5) is 13.2 Å². The molecular formula is C22H19F3N6OS. The number of amides is 1. The Morgan fingerprint density at radius 3 is 2.85 bits per heavy atom. The van der Waals surface area contributed by atoms with Crippen LogP contribution in [0.2, 0.25) is 0 Å². The van der Waals surface area contributed by atoms with Gasteiger partial charge in [-0.3, -0.25) is 9.48 Å². The van der Waals surface area contributed by atoms with Crippen molar-refractivity contribution >= 4 is 17.2 Å². The summed E-state index contributed by atoms with van der Waals surface area (Å²) >= 11 is 1.36. The van der Waals surface area contributed by atoms with Crippen molar-refractivity contribution in [3.8, 4) is 16.4 Å². The van der Waals surface area contributed by atoms with Crippen LogP contribution in [-0.4, -0.2) is 30.5 Å². The van der Waals surface area contributed by atoms with E-state index in [4.69, 9.17) is 0 Å². The highest BCUT2D eigenvalue weighted by atomic mass is 32.1. The Labute approximate surface area is 190 Å². The van der Waals surface area contributed by atoms with Gasteiger partial charge in [0.2, 0.25) is 5.82 Å². The molecule has 4 aromatic rings. The first-order chi connectivity index (χ1) is 15.8. The van der Waals surface area contributed by atoms with E-state index in [1.807, 2.05) is 17.1 Å². The van der Waals surface area contributed by atoms with Crippen LogP contribution in [0.3, 0.4) is 0 Å². The van der Waals surface area contributed by atoms with Crippen LogP contribution in [-0.2, 0) is 19.6 Å². The smallest absolute Gasteiger partial charge is 0.342 e. The third kappa shape index (κ3) is 4.04. The number of carbonyl (C=O) groups excluding carboxylic acids is 1. The summed E-state index contributed by atoms with van der Waals surface area (Å²) < 4.78 is 42.9. The number of hydrogen-bond donors (Lipinski definition) is 1. The predicted molar refractivity (Wildman–Crippen MR) is 116 cm³/mol. The van der Waals surface area contributed by atoms with Crippen LogP contribution in [0.15, 0.2) is 48.0 Å². The number of aryl methyl sites for hydroxylation is 1. The lowest BCUT2D eigenvalue weighted by molar-refractivity contribution is -0.137. The highest BCUT2D eigenvalue weighted by Gasteiger charge is 2.31. The average Bonchev–Trinajstić information content (AvgIpc) is 3.54. The molecule has 0 fully saturated rings. The second-order valence-electron chi connectivity index (χ2n) is 7.78. The summed E-state index contributed by atoms with van der Waals surface area (Å²) in [5, 5.41) is 13.4. The summed E-state index contributed by atoms with van der Waals surface area (Å²) in [7, 11) is 1.87. The number of thiophene rings is 1. The van der Waals surface area contributed by atoms with Crippen molar-refractivity contribution in [2.75, 3.05) is 0 Å². The second kappa shape index (κ2) is 8.14. The quantitative estimate of drug-likeness (QED) is 0.473. The van der Waals surface area contributed by atoms with Crippen molar-refractivity contribution in [2.45, 2.75) is 31.5 Å². The maximum atomic E-state index is 13.3. The van der Waals surface area contributed by atoms with E-state index in [2.05, 4.69) is 20.5 Å². The van der Waals surface area contributed by atoms with Crippen molar-refractivity contribution in [1.29, 1.82) is 0 Å². The molecule has 1 N–H and O–H groups in total. The number of aromatic nitrogens is 5. The van der Waals surface area contributed by atoms with Crippen LogP contribution >= 0.6 is 11.3 Å². The average molecular weight is 472 g/mol. The SMILES string of the molecule is Cn1ncc2c1CCCC2NC(=O)c1nc(-c2cccs2)n(-c2cccc(C(F)(F)F)c2)n1. The summed E-state index contributed by atoms with van der Waals surface area (Å²) in [6.07, 6.45) is -0.183. The lowest BCUT2D eigenvalue weighted by Gasteiger charge is -2.23. The molecule has 1 amide bonds. The molecule has 7 nitrogen and oxygen atoms in total. The molecule has 170 valence electrons. The maximum Gasteiger partial charge on any atom is 0.416 e. The predicted octanol–water partition coefficient (Wildman–Crippen LogP) is 4.56. The van der Waals surface area contributed by atoms with Gasteiger partial charge in [-0.25, -0.2) is 9.67 Å². The number of fused-ring (bicyclic) bond motifs is 1. The minimum absolute atomic E-state index is 0.105. The minimum atomic E-state index is -4.50. The van der Waals surface area contributed by atoms with Crippen molar-refractivity contribution in [2.24, 2.45) is 7.05 Å². The van der Waals surface area contributed by atoms with Crippen LogP contribution in [0.1, 0.15) is 46.3 Å². The number of nitrogens with zero attached hydrogens (tertiary/aromatic N) is 5. The van der Waals surface area contributed by atoms with Gasteiger partial charge in [-0.15, -0.1) is 16.4 Å². The fraction of sp³-hybridized carbons (Fsp3) is 0.273. The number of alkyl halides is 3. The highest BCUT2D eigenvalue weighted by molar-refractivity contribution is 7.13. The van der Waals surface area contributed by atoms with Crippen LogP contribution < -0.4 is 5.32 Å². The van der Waals surface area contributed by atoms with Gasteiger partial charge in [0, 0.05) is 18.3 Å². The molecule has 1 aliphatic rings. The third-order valence-corrected chi connectivity index (χ3v) is 6.52. The minimum Gasteiger partial charge on any atom is -0.342 e. The largest absolute Gasteiger partial charge is 0.416 e. The van der Waals surface area contributed by atoms with E-state index in [1.165, 1.54) is 28.2 Å². The first kappa shape index (κ1) is 21.4. The van der Waals surface area contributed by atoms with Crippen LogP contribution in [0.25, 0.3) is 16.4 Å². The standard InChI is InChI=1S/C22H19F3N6OS/c1-30-17-8-3-7-16(15(17)12-26-30)27-21(32)19-28-20(18-9-4-10-33-18)31(29-19)14-6-2-5-13(11-14)22(23,24)25/h2,4-6,9-12,16H,3,7-8H2,1H3,(H,27,32). The molecule has 0 saturated heterocycles. The lowest BCUT2D eigenvalue weighted by atomic mass is 9.93. The molecule has 0 saturated carbocycles. The zero-order chi connectivity index (χ0) is 23.2. The Morgan fingerprint density at radius 1 is 1.24 bits per heavy atom. The van der Waals surface area contributed by atoms with E-state index < -0.39 is 17.6 Å². The zero-order valence-corrected chi connectivity index (χ0v) is 18.3. The molecule has 5 rings (SSSR count). The Kier molecular flexibility index (Phi) is 5.28. The Balaban J connectivity index is 1.51. The van der Waals surface area contributed by atoms with Gasteiger partial charge < -0.3 is 5.32 Å². The van der Waals surface area contributed by atoms with E-state index in [9.17, 15) is 18.0 Å². The lowest BCUT2D eigenvalue weighted by Crippen LogP contribution is -2.31. The van der Waals surface area contributed by atoms with Crippen molar-refractivity contribution in [3.05, 3.63) is 70.6 Å². The Bertz CT molecular complexity index is 1310. The molecule has 11 heteroatoms. The molecule has 0 bridgehead atoms. The molecule has 33 heavy (non-hydrogen) atoms. The number of carbonyl (C=O) groups is 1. The molecular weight excluding hydrogens is 453 g/mol. The number of halogens is 3. The van der Waals surface area contributed by atoms with Gasteiger partial charge in [0.05, 0.1) is 28.4 Å². The van der Waals surface area contributed by atoms with Gasteiger partial charge in [0.15, 0.2) is 5.82 Å². The first-order valence-electron chi connectivity index (χ1n) is 10.3. The molecule has 1 unspecified atom stereocenters. The van der Waals surface area contributed by atoms with Gasteiger partial charge in [-0.2, -0.15) is 18.3 Å². The van der Waals surface area contributed by atoms with Crippen molar-refractivity contribution in [1.82, 2.24) is 29.9 Å². The fourth-order valence-electron chi connectivity index (χ4n) is 4.05. The first-order valence-corrected chi connectivity index (χ1v) is 11.2. The van der Waals surface area contributed by atoms with Gasteiger partial charge in [-0.1, -0.05) is 12.1 Å². The van der Waals surface area contributed by atoms with Gasteiger partial charge in [0.1, 0.15) is 0 Å². The molecule has 1 atom stereocenters. The number of benzene rings is 1. The van der Waals surface area contributed by atoms with E-state index in [1.54, 1.807) is 18.3 Å². The van der Waals surface area contributed by atoms with Crippen LogP contribution in [0, 0.1) is 0 Å². The van der Waals surface area contributed by atoms with E-state index >= 15 is 0 Å². The second-order valence-corrected chi connectivity index (χ2v) is 8.73. The van der Waals surface area contributed by atoms with E-state index in [-0.39, 0.29) is 17.6 Å². The van der Waals surface area contributed by atoms with Crippen molar-refractivity contribution in [3.63, 3.8) is 0 Å². The Hall–Kier alpha value is -3.47. The third-order valence-electron chi connectivity index (χ3n) is 5.65. The summed E-state index contributed by atoms with van der Waals surface area (Å²) in [5.41, 5.74) is 1.41. The Morgan fingerprint density at radius 2 is 2.09 bits per heavy atom. The van der Waals surface area contributed by atoms with Gasteiger partial charge in [-0.05, 0) is 48.9 Å². The van der Waals surface area contributed by atoms with E-state index in [0.717, 1.165) is 42.7 Å². The molecule has 3 heterocycles. The monoisotopic (exact) mass is 472 g/mol. The topological polar surface area (TPSA) is 77.6 Å². The summed E-state index contributed by atoms with van der Waals surface area (Å²) in [6, 6.07) is 8.17. The summed E-state index contributed by atoms with van der Waals surface area (Å²) in [6.45, 7) is 0. The molecule has 0 aliphatic heterocycles. The van der Waals surface area contributed by atoms with Crippen molar-refractivity contribution < 1.29 is 18.0 Å². The summed E-state index contributed by atoms with van der Waals surface area (Å²) in [5.74, 6) is -0.285. The number of nitrogens with one attached hydrogen (secondary N) is 1. The zero-order valence-electron chi connectivity index (χ0n) is 17.5. The van der Waals surface area contributed by atoms with Gasteiger partial charge >= 0.3 is 6.18 Å². The van der Waals surface area contributed by atoms with E-state index in [0.29, 0.717) is 10.7 Å². The van der Waals surface area contributed by atoms with Crippen LogP contribution in [0.5, 0.6) is 0 Å². The number of rotatable bonds is 4. The molecule has 0 radical (unpaired) electrons. The molecule has 3 aromatic heterocycles. The molecule has 1 aromatic carbocycles. The molecule has 1 aliphatic carbocycles. The highest BCUT2D eigenvalue weighted by Crippen LogP contribution is 2.32. The maximum absolute atomic E-state index is 13.3.